The molecule has 3 unspecified atom stereocenters. The van der Waals surface area contributed by atoms with Crippen LogP contribution in [0, 0.1) is 19.3 Å². The van der Waals surface area contributed by atoms with Gasteiger partial charge in [-0.3, -0.25) is 0 Å². The third kappa shape index (κ3) is 6.83. The Morgan fingerprint density at radius 3 is 1.81 bits per heavy atom. The molecule has 2 aliphatic heterocycles. The zero-order valence-corrected chi connectivity index (χ0v) is 51.0. The highest BCUT2D eigenvalue weighted by atomic mass is 16.3. The Kier molecular flexibility index (Phi) is 10.4. The second-order valence-electron chi connectivity index (χ2n) is 30.1. The smallest absolute Gasteiger partial charge is 0.252 e. The highest BCUT2D eigenvalue weighted by Crippen LogP contribution is 2.67. The molecule has 1 fully saturated rings. The van der Waals surface area contributed by atoms with Gasteiger partial charge in [-0.15, -0.1) is 0 Å². The maximum absolute atomic E-state index is 6.59. The number of fused-ring (bicyclic) bond motifs is 13. The van der Waals surface area contributed by atoms with Crippen LogP contribution in [0.4, 0.5) is 34.1 Å². The van der Waals surface area contributed by atoms with Gasteiger partial charge < -0.3 is 14.2 Å². The Hall–Kier alpha value is -6.78. The first-order chi connectivity index (χ1) is 38.3. The second kappa shape index (κ2) is 16.5. The van der Waals surface area contributed by atoms with Gasteiger partial charge in [0.15, 0.2) is 0 Å². The Morgan fingerprint density at radius 1 is 0.481 bits per heavy atom. The fraction of sp³-hybridized carbons (Fsp3) is 0.377. The summed E-state index contributed by atoms with van der Waals surface area (Å²) in [7, 11) is 0. The molecule has 1 saturated carbocycles. The summed E-state index contributed by atoms with van der Waals surface area (Å²) in [6, 6.07) is 56.0. The quantitative estimate of drug-likeness (QED) is 0.164. The predicted molar refractivity (Wildman–Crippen MR) is 344 cm³/mol. The molecule has 3 nitrogen and oxygen atoms in total. The van der Waals surface area contributed by atoms with Gasteiger partial charge in [-0.05, 0) is 204 Å². The first kappa shape index (κ1) is 51.1. The number of hydrogen-bond donors (Lipinski definition) is 0. The Labute approximate surface area is 483 Å². The van der Waals surface area contributed by atoms with E-state index < -0.39 is 0 Å². The van der Waals surface area contributed by atoms with E-state index in [4.69, 9.17) is 4.42 Å². The molecule has 0 N–H and O–H groups in total. The summed E-state index contributed by atoms with van der Waals surface area (Å²) < 4.78 is 6.59. The van der Waals surface area contributed by atoms with Crippen LogP contribution in [-0.2, 0) is 32.5 Å². The molecule has 0 radical (unpaired) electrons. The summed E-state index contributed by atoms with van der Waals surface area (Å²) in [5.41, 5.74) is 30.7. The Morgan fingerprint density at radius 2 is 1.10 bits per heavy atom. The fourth-order valence-corrected chi connectivity index (χ4v) is 17.7. The van der Waals surface area contributed by atoms with Crippen LogP contribution in [0.25, 0.3) is 21.9 Å². The molecule has 1 aromatic heterocycles. The zero-order valence-electron chi connectivity index (χ0n) is 51.0. The highest BCUT2D eigenvalue weighted by molar-refractivity contribution is 7.00. The van der Waals surface area contributed by atoms with E-state index in [-0.39, 0.29) is 50.5 Å². The minimum Gasteiger partial charge on any atom is -0.456 e. The van der Waals surface area contributed by atoms with Crippen molar-refractivity contribution in [2.45, 2.75) is 181 Å². The van der Waals surface area contributed by atoms with Gasteiger partial charge in [0, 0.05) is 61.6 Å². The lowest BCUT2D eigenvalue weighted by atomic mass is 9.33. The third-order valence-corrected chi connectivity index (χ3v) is 22.7. The van der Waals surface area contributed by atoms with Crippen LogP contribution in [-0.4, -0.2) is 6.71 Å². The molecule has 0 bridgehead atoms. The van der Waals surface area contributed by atoms with E-state index in [1.807, 2.05) is 0 Å². The monoisotopic (exact) mass is 1060 g/mol. The topological polar surface area (TPSA) is 19.6 Å². The van der Waals surface area contributed by atoms with E-state index >= 15 is 0 Å². The van der Waals surface area contributed by atoms with Crippen LogP contribution >= 0.6 is 0 Å². The molecule has 3 heterocycles. The number of aryl methyl sites for hydroxylation is 2. The first-order valence-corrected chi connectivity index (χ1v) is 30.7. The van der Waals surface area contributed by atoms with Crippen molar-refractivity contribution in [1.29, 1.82) is 0 Å². The van der Waals surface area contributed by atoms with Crippen molar-refractivity contribution in [3.8, 4) is 0 Å². The molecule has 4 heteroatoms. The van der Waals surface area contributed by atoms with E-state index in [0.717, 1.165) is 34.0 Å². The van der Waals surface area contributed by atoms with Crippen LogP contribution in [0.1, 0.15) is 201 Å². The average molecular weight is 1060 g/mol. The number of benzene rings is 8. The van der Waals surface area contributed by atoms with Crippen molar-refractivity contribution >= 4 is 79.2 Å². The van der Waals surface area contributed by atoms with Gasteiger partial charge in [0.1, 0.15) is 11.2 Å². The zero-order chi connectivity index (χ0) is 56.5. The van der Waals surface area contributed by atoms with E-state index in [1.54, 1.807) is 5.56 Å². The normalized spacial score (nSPS) is 23.0. The summed E-state index contributed by atoms with van der Waals surface area (Å²) in [5, 5.41) is 2.30. The van der Waals surface area contributed by atoms with E-state index in [9.17, 15) is 0 Å². The molecular weight excluding hydrogens is 980 g/mol. The van der Waals surface area contributed by atoms with Gasteiger partial charge in [-0.25, -0.2) is 0 Å². The van der Waals surface area contributed by atoms with Crippen molar-refractivity contribution < 1.29 is 4.42 Å². The lowest BCUT2D eigenvalue weighted by Crippen LogP contribution is -2.62. The first-order valence-electron chi connectivity index (χ1n) is 30.7. The third-order valence-electron chi connectivity index (χ3n) is 22.7. The molecule has 0 amide bonds. The van der Waals surface area contributed by atoms with Gasteiger partial charge in [0.2, 0.25) is 0 Å². The van der Waals surface area contributed by atoms with Crippen molar-refractivity contribution in [2.75, 3.05) is 9.80 Å². The van der Waals surface area contributed by atoms with Crippen molar-refractivity contribution in [3.63, 3.8) is 0 Å². The van der Waals surface area contributed by atoms with Gasteiger partial charge >= 0.3 is 0 Å². The fourth-order valence-electron chi connectivity index (χ4n) is 17.7. The summed E-state index contributed by atoms with van der Waals surface area (Å²) in [4.78, 5) is 5.42. The standard InChI is InChI=1S/C77H81BN2O/c1-45-36-65-70-66(37-45)80(62-43-57-56(38-46(62)2)72(6,7)34-35-73(57,8)9)64-44-59-58(74(10,11)53-23-17-18-24-54(53)75(59,12)13)42-61(64)78(70)60-30-26-47(39-63(60)79(65)49-28-31-68-52(41-49)50-22-16-19-25-67(50)81-68)69-51-29-27-48(71(3,4)5)40-55(51)76(14)32-20-21-33-77(69,76)15/h16-19,22-31,36-44,69H,20-21,32-35H2,1-15H3. The molecule has 3 atom stereocenters. The van der Waals surface area contributed by atoms with Crippen LogP contribution < -0.4 is 26.2 Å². The lowest BCUT2D eigenvalue weighted by molar-refractivity contribution is 0.0923. The summed E-state index contributed by atoms with van der Waals surface area (Å²) in [6.07, 6.45) is 7.34. The highest BCUT2D eigenvalue weighted by Gasteiger charge is 2.59. The SMILES string of the molecule is Cc1cc2c3c(c1)N(c1cc4c(cc1C)C(C)(C)CCC4(C)C)c1cc4c(cc1B3c1ccc(C3c5ccc(C(C)(C)C)cc5C5(C)CCCCC35C)cc1N2c1ccc2oc3ccccc3c2c1)C(C)(C)c1ccccc1C4(C)C. The molecule has 15 rings (SSSR count). The molecule has 9 aromatic rings. The Balaban J connectivity index is 1.04. The number of rotatable bonds is 3. The van der Waals surface area contributed by atoms with E-state index in [0.29, 0.717) is 0 Å². The number of anilines is 6. The second-order valence-corrected chi connectivity index (χ2v) is 30.1. The van der Waals surface area contributed by atoms with E-state index in [1.165, 1.54) is 138 Å². The van der Waals surface area contributed by atoms with Crippen LogP contribution in [0.5, 0.6) is 0 Å². The lowest BCUT2D eigenvalue weighted by Gasteiger charge is -2.50. The largest absolute Gasteiger partial charge is 0.456 e. The number of para-hydroxylation sites is 1. The maximum atomic E-state index is 6.59. The van der Waals surface area contributed by atoms with Crippen molar-refractivity contribution in [2.24, 2.45) is 5.41 Å². The van der Waals surface area contributed by atoms with Crippen LogP contribution in [0.15, 0.2) is 144 Å². The van der Waals surface area contributed by atoms with Crippen LogP contribution in [0.2, 0.25) is 0 Å². The summed E-state index contributed by atoms with van der Waals surface area (Å²) in [6.45, 7) is 36.9. The van der Waals surface area contributed by atoms with Gasteiger partial charge in [-0.1, -0.05) is 188 Å². The molecule has 0 saturated heterocycles. The minimum atomic E-state index is -0.226. The van der Waals surface area contributed by atoms with Crippen LogP contribution in [0.3, 0.4) is 0 Å². The Bertz CT molecular complexity index is 4210. The minimum absolute atomic E-state index is 0.0314. The van der Waals surface area contributed by atoms with Crippen molar-refractivity contribution in [1.82, 2.24) is 0 Å². The predicted octanol–water partition coefficient (Wildman–Crippen LogP) is 18.9. The molecule has 408 valence electrons. The molecule has 6 aliphatic rings. The van der Waals surface area contributed by atoms with Gasteiger partial charge in [-0.2, -0.15) is 0 Å². The van der Waals surface area contributed by atoms with E-state index in [2.05, 4.69) is 253 Å². The molecular formula is C77H81BN2O. The van der Waals surface area contributed by atoms with Gasteiger partial charge in [0.25, 0.3) is 6.71 Å². The summed E-state index contributed by atoms with van der Waals surface area (Å²) in [5.74, 6) is 0.249. The maximum Gasteiger partial charge on any atom is 0.252 e. The molecule has 8 aromatic carbocycles. The molecule has 4 aliphatic carbocycles. The number of nitrogens with zero attached hydrogens (tertiary/aromatic N) is 2. The number of hydrogen-bond acceptors (Lipinski definition) is 3. The average Bonchev–Trinajstić information content (AvgIpc) is 4.16. The molecule has 0 spiro atoms. The molecule has 81 heavy (non-hydrogen) atoms. The number of furan rings is 1. The summed E-state index contributed by atoms with van der Waals surface area (Å²) >= 11 is 0. The van der Waals surface area contributed by atoms with Gasteiger partial charge in [0.05, 0.1) is 0 Å². The van der Waals surface area contributed by atoms with Crippen molar-refractivity contribution in [3.05, 3.63) is 206 Å².